The normalized spacial score (nSPS) is 29.8. The van der Waals surface area contributed by atoms with E-state index in [2.05, 4.69) is 9.80 Å². The van der Waals surface area contributed by atoms with Crippen LogP contribution in [0, 0.1) is 11.3 Å². The maximum Gasteiger partial charge on any atom is 0.335 e. The van der Waals surface area contributed by atoms with Gasteiger partial charge in [-0.15, -0.1) is 0 Å². The van der Waals surface area contributed by atoms with Gasteiger partial charge in [0.25, 0.3) is 0 Å². The number of hydrogen-bond donors (Lipinski definition) is 1. The van der Waals surface area contributed by atoms with Crippen LogP contribution in [-0.2, 0) is 20.8 Å². The number of fused-ring (bicyclic) bond motifs is 1. The van der Waals surface area contributed by atoms with Crippen LogP contribution < -0.4 is 0 Å². The first-order chi connectivity index (χ1) is 15.0. The molecule has 31 heavy (non-hydrogen) atoms. The number of likely N-dealkylation sites (tertiary alicyclic amines) is 1. The molecule has 0 radical (unpaired) electrons. The molecule has 0 spiro atoms. The Hall–Kier alpha value is -1.96. The molecular weight excluding hydrogens is 396 g/mol. The number of carboxylic acid groups (broad SMARTS) is 1. The monoisotopic (exact) mass is 430 g/mol. The third kappa shape index (κ3) is 4.78. The van der Waals surface area contributed by atoms with E-state index in [0.29, 0.717) is 37.2 Å². The van der Waals surface area contributed by atoms with Gasteiger partial charge in [0.15, 0.2) is 0 Å². The first-order valence-electron chi connectivity index (χ1n) is 11.6. The summed E-state index contributed by atoms with van der Waals surface area (Å²) in [5, 5.41) is 9.29. The molecule has 2 heterocycles. The molecule has 7 heteroatoms. The number of aromatic carboxylic acids is 1. The highest BCUT2D eigenvalue weighted by Gasteiger charge is 2.53. The van der Waals surface area contributed by atoms with E-state index in [-0.39, 0.29) is 5.97 Å². The van der Waals surface area contributed by atoms with Crippen molar-refractivity contribution < 1.29 is 24.2 Å². The summed E-state index contributed by atoms with van der Waals surface area (Å²) in [4.78, 5) is 29.4. The van der Waals surface area contributed by atoms with Crippen molar-refractivity contribution in [1.82, 2.24) is 9.80 Å². The second kappa shape index (κ2) is 9.67. The number of ether oxygens (including phenoxy) is 2. The van der Waals surface area contributed by atoms with Crippen molar-refractivity contribution in [3.63, 3.8) is 0 Å². The van der Waals surface area contributed by atoms with Gasteiger partial charge in [-0.25, -0.2) is 4.79 Å². The predicted octanol–water partition coefficient (Wildman–Crippen LogP) is 2.64. The molecular formula is C24H34N2O5. The van der Waals surface area contributed by atoms with Crippen LogP contribution in [0.15, 0.2) is 24.3 Å². The molecule has 3 atom stereocenters. The minimum atomic E-state index is -0.912. The summed E-state index contributed by atoms with van der Waals surface area (Å²) in [7, 11) is 0. The summed E-state index contributed by atoms with van der Waals surface area (Å²) < 4.78 is 11.1. The van der Waals surface area contributed by atoms with Crippen LogP contribution in [0.4, 0.5) is 0 Å². The van der Waals surface area contributed by atoms with Crippen molar-refractivity contribution in [2.45, 2.75) is 45.2 Å². The number of morpholine rings is 1. The maximum absolute atomic E-state index is 13.2. The van der Waals surface area contributed by atoms with Crippen molar-refractivity contribution in [2.24, 2.45) is 11.3 Å². The van der Waals surface area contributed by atoms with Gasteiger partial charge >= 0.3 is 11.9 Å². The summed E-state index contributed by atoms with van der Waals surface area (Å²) in [6, 6.07) is 7.63. The molecule has 3 aliphatic rings. The molecule has 1 N–H and O–H groups in total. The molecule has 1 aliphatic carbocycles. The highest BCUT2D eigenvalue weighted by Crippen LogP contribution is 2.48. The van der Waals surface area contributed by atoms with Crippen molar-refractivity contribution >= 4 is 11.9 Å². The molecule has 1 saturated carbocycles. The summed E-state index contributed by atoms with van der Waals surface area (Å²) in [6.45, 7) is 8.10. The number of rotatable bonds is 6. The molecule has 0 amide bonds. The van der Waals surface area contributed by atoms with Gasteiger partial charge in [-0.1, -0.05) is 12.1 Å². The molecule has 1 aromatic carbocycles. The number of carbonyl (C=O) groups excluding carboxylic acids is 1. The Labute approximate surface area is 184 Å². The van der Waals surface area contributed by atoms with E-state index in [1.165, 1.54) is 0 Å². The number of hydrogen-bond acceptors (Lipinski definition) is 6. The Morgan fingerprint density at radius 1 is 1.23 bits per heavy atom. The van der Waals surface area contributed by atoms with Gasteiger partial charge in [0, 0.05) is 32.2 Å². The Morgan fingerprint density at radius 3 is 2.77 bits per heavy atom. The van der Waals surface area contributed by atoms with Crippen LogP contribution in [-0.4, -0.2) is 78.9 Å². The lowest BCUT2D eigenvalue weighted by molar-refractivity contribution is -0.170. The van der Waals surface area contributed by atoms with Gasteiger partial charge in [0.1, 0.15) is 0 Å². The van der Waals surface area contributed by atoms with E-state index >= 15 is 0 Å². The first-order valence-corrected chi connectivity index (χ1v) is 11.6. The lowest BCUT2D eigenvalue weighted by Crippen LogP contribution is -2.58. The fraction of sp³-hybridized carbons (Fsp3) is 0.667. The molecule has 170 valence electrons. The van der Waals surface area contributed by atoms with Crippen LogP contribution in [0.25, 0.3) is 0 Å². The third-order valence-corrected chi connectivity index (χ3v) is 7.39. The van der Waals surface area contributed by atoms with Crippen LogP contribution >= 0.6 is 0 Å². The Morgan fingerprint density at radius 2 is 2.03 bits per heavy atom. The van der Waals surface area contributed by atoms with Crippen LogP contribution in [0.3, 0.4) is 0 Å². The molecule has 4 rings (SSSR count). The Kier molecular flexibility index (Phi) is 6.94. The zero-order valence-electron chi connectivity index (χ0n) is 18.4. The van der Waals surface area contributed by atoms with Gasteiger partial charge in [-0.05, 0) is 62.8 Å². The standard InChI is InChI=1S/C24H34N2O5/c1-2-31-23(29)24-8-6-21(26-10-12-30-13-11-26)15-20(24)7-9-25(17-24)16-18-4-3-5-19(14-18)22(27)28/h3-5,14,20-21H,2,6-13,15-17H2,1H3,(H,27,28)/t20-,21-,24-/m1/s1. The largest absolute Gasteiger partial charge is 0.478 e. The molecule has 7 nitrogen and oxygen atoms in total. The topological polar surface area (TPSA) is 79.3 Å². The van der Waals surface area contributed by atoms with Crippen molar-refractivity contribution in [3.05, 3.63) is 35.4 Å². The minimum absolute atomic E-state index is 0.0515. The van der Waals surface area contributed by atoms with E-state index in [1.54, 1.807) is 18.2 Å². The van der Waals surface area contributed by atoms with Gasteiger partial charge in [0.05, 0.1) is 30.8 Å². The molecule has 1 aromatic rings. The van der Waals surface area contributed by atoms with E-state index in [1.807, 2.05) is 13.0 Å². The fourth-order valence-corrected chi connectivity index (χ4v) is 5.80. The maximum atomic E-state index is 13.2. The summed E-state index contributed by atoms with van der Waals surface area (Å²) >= 11 is 0. The second-order valence-electron chi connectivity index (χ2n) is 9.15. The average molecular weight is 431 g/mol. The smallest absolute Gasteiger partial charge is 0.335 e. The molecule has 2 saturated heterocycles. The highest BCUT2D eigenvalue weighted by atomic mass is 16.5. The lowest BCUT2D eigenvalue weighted by atomic mass is 9.61. The van der Waals surface area contributed by atoms with Crippen LogP contribution in [0.5, 0.6) is 0 Å². The lowest BCUT2D eigenvalue weighted by Gasteiger charge is -2.52. The van der Waals surface area contributed by atoms with E-state index < -0.39 is 11.4 Å². The van der Waals surface area contributed by atoms with Crippen molar-refractivity contribution in [3.8, 4) is 0 Å². The number of benzene rings is 1. The average Bonchev–Trinajstić information content (AvgIpc) is 2.79. The van der Waals surface area contributed by atoms with E-state index in [0.717, 1.165) is 64.1 Å². The summed E-state index contributed by atoms with van der Waals surface area (Å²) in [6.07, 6.45) is 3.88. The zero-order chi connectivity index (χ0) is 21.8. The molecule has 0 bridgehead atoms. The number of nitrogens with zero attached hydrogens (tertiary/aromatic N) is 2. The van der Waals surface area contributed by atoms with E-state index in [9.17, 15) is 14.7 Å². The van der Waals surface area contributed by atoms with Gasteiger partial charge in [-0.2, -0.15) is 0 Å². The van der Waals surface area contributed by atoms with Gasteiger partial charge in [-0.3, -0.25) is 14.6 Å². The number of carboxylic acids is 1. The Balaban J connectivity index is 1.49. The SMILES string of the molecule is CCOC(=O)[C@@]12CC[C@@H](N3CCOCC3)C[C@H]1CCN(Cc1cccc(C(=O)O)c1)C2. The van der Waals surface area contributed by atoms with Crippen LogP contribution in [0.2, 0.25) is 0 Å². The molecule has 0 aromatic heterocycles. The first kappa shape index (κ1) is 22.2. The van der Waals surface area contributed by atoms with Crippen molar-refractivity contribution in [1.29, 1.82) is 0 Å². The van der Waals surface area contributed by atoms with Gasteiger partial charge < -0.3 is 14.6 Å². The quantitative estimate of drug-likeness (QED) is 0.695. The Bertz CT molecular complexity index is 794. The predicted molar refractivity (Wildman–Crippen MR) is 116 cm³/mol. The van der Waals surface area contributed by atoms with E-state index in [4.69, 9.17) is 9.47 Å². The summed E-state index contributed by atoms with van der Waals surface area (Å²) in [5.41, 5.74) is 0.819. The molecule has 2 aliphatic heterocycles. The summed E-state index contributed by atoms with van der Waals surface area (Å²) in [5.74, 6) is -0.635. The fourth-order valence-electron chi connectivity index (χ4n) is 5.80. The number of esters is 1. The second-order valence-corrected chi connectivity index (χ2v) is 9.15. The highest BCUT2D eigenvalue weighted by molar-refractivity contribution is 5.87. The van der Waals surface area contributed by atoms with Gasteiger partial charge in [0.2, 0.25) is 0 Å². The van der Waals surface area contributed by atoms with Crippen LogP contribution in [0.1, 0.15) is 48.5 Å². The number of carbonyl (C=O) groups is 2. The third-order valence-electron chi connectivity index (χ3n) is 7.39. The molecule has 0 unspecified atom stereocenters. The zero-order valence-corrected chi connectivity index (χ0v) is 18.4. The number of piperidine rings is 1. The van der Waals surface area contributed by atoms with Crippen molar-refractivity contribution in [2.75, 3.05) is 46.0 Å². The minimum Gasteiger partial charge on any atom is -0.478 e. The molecule has 3 fully saturated rings.